The SMILES string of the molecule is Cc1c(-c2ccnc(Cl)c2)[nH]c(N2CCN(C(=O)O)CC2)c1C#N. The smallest absolute Gasteiger partial charge is 0.407 e. The number of hydrogen-bond acceptors (Lipinski definition) is 4. The quantitative estimate of drug-likeness (QED) is 0.816. The van der Waals surface area contributed by atoms with Crippen LogP contribution in [0, 0.1) is 18.3 Å². The van der Waals surface area contributed by atoms with Crippen molar-refractivity contribution in [3.63, 3.8) is 0 Å². The molecule has 1 aliphatic heterocycles. The third-order valence-corrected chi connectivity index (χ3v) is 4.43. The van der Waals surface area contributed by atoms with E-state index in [-0.39, 0.29) is 0 Å². The van der Waals surface area contributed by atoms with Gasteiger partial charge in [0.2, 0.25) is 0 Å². The van der Waals surface area contributed by atoms with Crippen LogP contribution < -0.4 is 4.90 Å². The predicted octanol–water partition coefficient (Wildman–Crippen LogP) is 2.71. The number of nitriles is 1. The van der Waals surface area contributed by atoms with Crippen LogP contribution in [0.3, 0.4) is 0 Å². The Morgan fingerprint density at radius 2 is 2.12 bits per heavy atom. The van der Waals surface area contributed by atoms with Gasteiger partial charge >= 0.3 is 6.09 Å². The van der Waals surface area contributed by atoms with Crippen molar-refractivity contribution >= 4 is 23.5 Å². The lowest BCUT2D eigenvalue weighted by atomic mass is 10.1. The van der Waals surface area contributed by atoms with Crippen LogP contribution in [0.2, 0.25) is 5.15 Å². The molecule has 8 heteroatoms. The molecule has 1 amide bonds. The van der Waals surface area contributed by atoms with Crippen molar-refractivity contribution in [2.75, 3.05) is 31.1 Å². The number of pyridine rings is 1. The molecule has 1 fully saturated rings. The van der Waals surface area contributed by atoms with Crippen LogP contribution in [0.25, 0.3) is 11.3 Å². The van der Waals surface area contributed by atoms with Crippen molar-refractivity contribution in [3.05, 3.63) is 34.6 Å². The normalized spacial score (nSPS) is 14.5. The molecule has 124 valence electrons. The number of carboxylic acid groups (broad SMARTS) is 1. The van der Waals surface area contributed by atoms with Crippen molar-refractivity contribution in [2.45, 2.75) is 6.92 Å². The Morgan fingerprint density at radius 1 is 1.42 bits per heavy atom. The molecule has 7 nitrogen and oxygen atoms in total. The number of aromatic amines is 1. The van der Waals surface area contributed by atoms with Gasteiger partial charge in [-0.3, -0.25) is 0 Å². The summed E-state index contributed by atoms with van der Waals surface area (Å²) in [6.07, 6.45) is 0.708. The maximum Gasteiger partial charge on any atom is 0.407 e. The van der Waals surface area contributed by atoms with Gasteiger partial charge in [-0.15, -0.1) is 0 Å². The van der Waals surface area contributed by atoms with E-state index in [9.17, 15) is 10.1 Å². The van der Waals surface area contributed by atoms with Crippen molar-refractivity contribution in [2.24, 2.45) is 0 Å². The van der Waals surface area contributed by atoms with Gasteiger partial charge in [-0.05, 0) is 24.6 Å². The number of nitrogens with zero attached hydrogens (tertiary/aromatic N) is 4. The number of amides is 1. The van der Waals surface area contributed by atoms with Crippen LogP contribution in [0.4, 0.5) is 10.6 Å². The Hall–Kier alpha value is -2.72. The Bertz CT molecular complexity index is 818. The standard InChI is InChI=1S/C16H16ClN5O2/c1-10-12(9-18)15(21-4-6-22(7-5-21)16(23)24)20-14(10)11-2-3-19-13(17)8-11/h2-3,8,20H,4-7H2,1H3,(H,23,24). The van der Waals surface area contributed by atoms with Crippen LogP contribution in [0.15, 0.2) is 18.3 Å². The predicted molar refractivity (Wildman–Crippen MR) is 90.3 cm³/mol. The van der Waals surface area contributed by atoms with E-state index in [0.29, 0.717) is 36.9 Å². The molecule has 0 aliphatic carbocycles. The first kappa shape index (κ1) is 16.1. The topological polar surface area (TPSA) is 96.2 Å². The van der Waals surface area contributed by atoms with Gasteiger partial charge in [0.25, 0.3) is 0 Å². The first-order chi connectivity index (χ1) is 11.5. The van der Waals surface area contributed by atoms with Crippen LogP contribution in [-0.2, 0) is 0 Å². The highest BCUT2D eigenvalue weighted by Crippen LogP contribution is 2.33. The Balaban J connectivity index is 1.94. The summed E-state index contributed by atoms with van der Waals surface area (Å²) in [4.78, 5) is 21.7. The van der Waals surface area contributed by atoms with Crippen LogP contribution >= 0.6 is 11.6 Å². The number of hydrogen-bond donors (Lipinski definition) is 2. The molecule has 2 aromatic rings. The number of aromatic nitrogens is 2. The Labute approximate surface area is 144 Å². The number of anilines is 1. The van der Waals surface area contributed by atoms with Crippen molar-refractivity contribution in [3.8, 4) is 17.3 Å². The maximum atomic E-state index is 11.0. The second-order valence-corrected chi connectivity index (χ2v) is 5.97. The van der Waals surface area contributed by atoms with E-state index >= 15 is 0 Å². The number of carbonyl (C=O) groups is 1. The van der Waals surface area contributed by atoms with E-state index in [0.717, 1.165) is 22.6 Å². The van der Waals surface area contributed by atoms with E-state index < -0.39 is 6.09 Å². The summed E-state index contributed by atoms with van der Waals surface area (Å²) in [6, 6.07) is 5.82. The fourth-order valence-electron chi connectivity index (χ4n) is 2.92. The zero-order valence-electron chi connectivity index (χ0n) is 13.1. The third kappa shape index (κ3) is 2.88. The summed E-state index contributed by atoms with van der Waals surface area (Å²) in [6.45, 7) is 3.79. The van der Waals surface area contributed by atoms with Crippen LogP contribution in [0.5, 0.6) is 0 Å². The average molecular weight is 346 g/mol. The first-order valence-electron chi connectivity index (χ1n) is 7.48. The molecule has 0 aromatic carbocycles. The van der Waals surface area contributed by atoms with Crippen LogP contribution in [0.1, 0.15) is 11.1 Å². The first-order valence-corrected chi connectivity index (χ1v) is 7.86. The van der Waals surface area contributed by atoms with E-state index in [2.05, 4.69) is 16.0 Å². The second-order valence-electron chi connectivity index (χ2n) is 5.58. The number of piperazine rings is 1. The van der Waals surface area contributed by atoms with Gasteiger partial charge in [-0.25, -0.2) is 9.78 Å². The summed E-state index contributed by atoms with van der Waals surface area (Å²) in [5, 5.41) is 19.0. The number of halogens is 1. The molecule has 2 N–H and O–H groups in total. The minimum Gasteiger partial charge on any atom is -0.465 e. The van der Waals surface area contributed by atoms with Crippen molar-refractivity contribution < 1.29 is 9.90 Å². The van der Waals surface area contributed by atoms with Crippen LogP contribution in [-0.4, -0.2) is 52.2 Å². The fourth-order valence-corrected chi connectivity index (χ4v) is 3.09. The number of rotatable bonds is 2. The molecule has 0 atom stereocenters. The molecule has 0 unspecified atom stereocenters. The molecular formula is C16H16ClN5O2. The van der Waals surface area contributed by atoms with Gasteiger partial charge in [0.1, 0.15) is 17.0 Å². The molecular weight excluding hydrogens is 330 g/mol. The summed E-state index contributed by atoms with van der Waals surface area (Å²) >= 11 is 5.96. The highest BCUT2D eigenvalue weighted by Gasteiger charge is 2.25. The Morgan fingerprint density at radius 3 is 2.71 bits per heavy atom. The van der Waals surface area contributed by atoms with Crippen molar-refractivity contribution in [1.82, 2.24) is 14.9 Å². The van der Waals surface area contributed by atoms with Gasteiger partial charge in [-0.1, -0.05) is 11.6 Å². The second kappa shape index (κ2) is 6.42. The van der Waals surface area contributed by atoms with Gasteiger partial charge < -0.3 is 19.9 Å². The molecule has 0 bridgehead atoms. The van der Waals surface area contributed by atoms with Gasteiger partial charge in [0.05, 0.1) is 11.3 Å². The minimum atomic E-state index is -0.912. The fraction of sp³-hybridized carbons (Fsp3) is 0.312. The monoisotopic (exact) mass is 345 g/mol. The third-order valence-electron chi connectivity index (χ3n) is 4.22. The molecule has 24 heavy (non-hydrogen) atoms. The van der Waals surface area contributed by atoms with E-state index in [1.54, 1.807) is 12.3 Å². The van der Waals surface area contributed by atoms with E-state index in [1.807, 2.05) is 17.9 Å². The lowest BCUT2D eigenvalue weighted by Crippen LogP contribution is -2.48. The van der Waals surface area contributed by atoms with Gasteiger partial charge in [0, 0.05) is 37.9 Å². The molecule has 2 aromatic heterocycles. The molecule has 3 heterocycles. The molecule has 0 saturated carbocycles. The zero-order chi connectivity index (χ0) is 17.3. The van der Waals surface area contributed by atoms with Crippen molar-refractivity contribution in [1.29, 1.82) is 5.26 Å². The molecule has 0 radical (unpaired) electrons. The largest absolute Gasteiger partial charge is 0.465 e. The molecule has 1 saturated heterocycles. The summed E-state index contributed by atoms with van der Waals surface area (Å²) in [5.74, 6) is 0.725. The number of H-pyrrole nitrogens is 1. The minimum absolute atomic E-state index is 0.386. The summed E-state index contributed by atoms with van der Waals surface area (Å²) in [5.41, 5.74) is 3.10. The highest BCUT2D eigenvalue weighted by atomic mass is 35.5. The maximum absolute atomic E-state index is 11.0. The summed E-state index contributed by atoms with van der Waals surface area (Å²) < 4.78 is 0. The van der Waals surface area contributed by atoms with Gasteiger partial charge in [0.15, 0.2) is 0 Å². The van der Waals surface area contributed by atoms with E-state index in [4.69, 9.17) is 16.7 Å². The van der Waals surface area contributed by atoms with Gasteiger partial charge in [-0.2, -0.15) is 5.26 Å². The lowest BCUT2D eigenvalue weighted by molar-refractivity contribution is 0.142. The zero-order valence-corrected chi connectivity index (χ0v) is 13.8. The average Bonchev–Trinajstić information content (AvgIpc) is 2.91. The molecule has 3 rings (SSSR count). The number of nitrogens with one attached hydrogen (secondary N) is 1. The lowest BCUT2D eigenvalue weighted by Gasteiger charge is -2.34. The molecule has 0 spiro atoms. The summed E-state index contributed by atoms with van der Waals surface area (Å²) in [7, 11) is 0. The Kier molecular flexibility index (Phi) is 4.32. The van der Waals surface area contributed by atoms with E-state index in [1.165, 1.54) is 4.90 Å². The molecule has 1 aliphatic rings. The highest BCUT2D eigenvalue weighted by molar-refractivity contribution is 6.29.